The molecule has 68 valence electrons. The van der Waals surface area contributed by atoms with Crippen molar-refractivity contribution < 1.29 is 4.79 Å². The van der Waals surface area contributed by atoms with E-state index >= 15 is 0 Å². The highest BCUT2D eigenvalue weighted by Gasteiger charge is 2.13. The van der Waals surface area contributed by atoms with E-state index in [4.69, 9.17) is 0 Å². The molecule has 0 aliphatic heterocycles. The molecule has 0 unspecified atom stereocenters. The zero-order valence-corrected chi connectivity index (χ0v) is 8.02. The number of thiol groups is 1. The predicted octanol–water partition coefficient (Wildman–Crippen LogP) is 1.88. The molecule has 0 saturated heterocycles. The molecule has 1 fully saturated rings. The highest BCUT2D eigenvalue weighted by molar-refractivity contribution is 7.83. The van der Waals surface area contributed by atoms with Gasteiger partial charge in [-0.15, -0.1) is 0 Å². The number of carbonyl (C=O) groups is 1. The van der Waals surface area contributed by atoms with Crippen LogP contribution in [0, 0.1) is 0 Å². The van der Waals surface area contributed by atoms with Crippen LogP contribution < -0.4 is 5.32 Å². The molecule has 3 heteroatoms. The Hall–Kier alpha value is -0.440. The summed E-state index contributed by atoms with van der Waals surface area (Å²) in [5.74, 6) is -0.0168. The average molecular weight is 185 g/mol. The number of nitrogens with one attached hydrogen (secondary N) is 1. The van der Waals surface area contributed by atoms with Crippen LogP contribution in [0.4, 0.5) is 0 Å². The number of amides is 1. The van der Waals surface area contributed by atoms with Gasteiger partial charge in [0.1, 0.15) is 0 Å². The Morgan fingerprint density at radius 2 is 2.00 bits per heavy atom. The summed E-state index contributed by atoms with van der Waals surface area (Å²) in [7, 11) is 0. The third-order valence-electron chi connectivity index (χ3n) is 2.18. The van der Waals surface area contributed by atoms with Crippen LogP contribution in [0.5, 0.6) is 0 Å². The lowest BCUT2D eigenvalue weighted by Gasteiger charge is -2.21. The summed E-state index contributed by atoms with van der Waals surface area (Å²) < 4.78 is 0. The molecule has 12 heavy (non-hydrogen) atoms. The Labute approximate surface area is 78.8 Å². The molecule has 0 aromatic carbocycles. The summed E-state index contributed by atoms with van der Waals surface area (Å²) in [6.07, 6.45) is 7.52. The van der Waals surface area contributed by atoms with Gasteiger partial charge < -0.3 is 5.32 Å². The fraction of sp³-hybridized carbons (Fsp3) is 0.667. The maximum Gasteiger partial charge on any atom is 0.244 e. The maximum atomic E-state index is 11.1. The van der Waals surface area contributed by atoms with Gasteiger partial charge in [0.05, 0.1) is 0 Å². The topological polar surface area (TPSA) is 29.1 Å². The van der Waals surface area contributed by atoms with Gasteiger partial charge in [-0.3, -0.25) is 4.79 Å². The van der Waals surface area contributed by atoms with Gasteiger partial charge in [0.15, 0.2) is 0 Å². The lowest BCUT2D eigenvalue weighted by Crippen LogP contribution is -2.34. The van der Waals surface area contributed by atoms with Crippen molar-refractivity contribution in [2.24, 2.45) is 0 Å². The molecular formula is C9H15NOS. The quantitative estimate of drug-likeness (QED) is 0.499. The first-order chi connectivity index (χ1) is 5.83. The molecule has 0 radical (unpaired) electrons. The Balaban J connectivity index is 2.24. The van der Waals surface area contributed by atoms with Crippen molar-refractivity contribution >= 4 is 18.5 Å². The third kappa shape index (κ3) is 3.30. The van der Waals surface area contributed by atoms with Gasteiger partial charge in [0.2, 0.25) is 5.91 Å². The van der Waals surface area contributed by atoms with Crippen molar-refractivity contribution in [3.8, 4) is 0 Å². The molecule has 1 amide bonds. The molecular weight excluding hydrogens is 170 g/mol. The third-order valence-corrected chi connectivity index (χ3v) is 2.33. The minimum Gasteiger partial charge on any atom is -0.350 e. The monoisotopic (exact) mass is 185 g/mol. The van der Waals surface area contributed by atoms with Crippen LogP contribution in [0.1, 0.15) is 32.1 Å². The van der Waals surface area contributed by atoms with Crippen LogP contribution in [-0.4, -0.2) is 11.9 Å². The molecule has 1 aliphatic carbocycles. The van der Waals surface area contributed by atoms with Gasteiger partial charge in [0, 0.05) is 12.1 Å². The van der Waals surface area contributed by atoms with Gasteiger partial charge in [-0.1, -0.05) is 19.3 Å². The minimum absolute atomic E-state index is 0.0168. The summed E-state index contributed by atoms with van der Waals surface area (Å²) >= 11 is 3.84. The van der Waals surface area contributed by atoms with E-state index in [1.54, 1.807) is 0 Å². The van der Waals surface area contributed by atoms with Crippen LogP contribution in [0.15, 0.2) is 11.5 Å². The van der Waals surface area contributed by atoms with E-state index in [1.165, 1.54) is 30.7 Å². The second-order valence-electron chi connectivity index (χ2n) is 3.16. The van der Waals surface area contributed by atoms with Gasteiger partial charge in [-0.05, 0) is 18.2 Å². The molecule has 0 heterocycles. The van der Waals surface area contributed by atoms with E-state index in [-0.39, 0.29) is 5.91 Å². The molecule has 0 atom stereocenters. The van der Waals surface area contributed by atoms with Crippen LogP contribution >= 0.6 is 12.6 Å². The van der Waals surface area contributed by atoms with Crippen molar-refractivity contribution in [2.45, 2.75) is 38.1 Å². The van der Waals surface area contributed by atoms with Crippen LogP contribution in [-0.2, 0) is 4.79 Å². The molecule has 1 aliphatic rings. The molecule has 0 aromatic rings. The van der Waals surface area contributed by atoms with Gasteiger partial charge in [-0.2, -0.15) is 12.6 Å². The van der Waals surface area contributed by atoms with E-state index in [9.17, 15) is 4.79 Å². The molecule has 0 aromatic heterocycles. The summed E-state index contributed by atoms with van der Waals surface area (Å²) in [5, 5.41) is 4.42. The van der Waals surface area contributed by atoms with Crippen molar-refractivity contribution in [1.29, 1.82) is 0 Å². The van der Waals surface area contributed by atoms with E-state index in [0.717, 1.165) is 12.8 Å². The Kier molecular flexibility index (Phi) is 4.22. The van der Waals surface area contributed by atoms with Crippen molar-refractivity contribution in [1.82, 2.24) is 5.32 Å². The number of carbonyl (C=O) groups excluding carboxylic acids is 1. The number of hydrogen-bond donors (Lipinski definition) is 2. The summed E-state index contributed by atoms with van der Waals surface area (Å²) in [4.78, 5) is 11.1. The van der Waals surface area contributed by atoms with Gasteiger partial charge >= 0.3 is 0 Å². The molecule has 1 rings (SSSR count). The molecule has 2 nitrogen and oxygen atoms in total. The van der Waals surface area contributed by atoms with Gasteiger partial charge in [0.25, 0.3) is 0 Å². The highest BCUT2D eigenvalue weighted by atomic mass is 32.1. The van der Waals surface area contributed by atoms with E-state index in [0.29, 0.717) is 6.04 Å². The fourth-order valence-electron chi connectivity index (χ4n) is 1.56. The largest absolute Gasteiger partial charge is 0.350 e. The fourth-order valence-corrected chi connectivity index (χ4v) is 1.70. The van der Waals surface area contributed by atoms with Gasteiger partial charge in [-0.25, -0.2) is 0 Å². The lowest BCUT2D eigenvalue weighted by molar-refractivity contribution is -0.117. The van der Waals surface area contributed by atoms with E-state index < -0.39 is 0 Å². The van der Waals surface area contributed by atoms with E-state index in [1.807, 2.05) is 0 Å². The zero-order chi connectivity index (χ0) is 8.81. The van der Waals surface area contributed by atoms with Crippen LogP contribution in [0.3, 0.4) is 0 Å². The number of hydrogen-bond acceptors (Lipinski definition) is 2. The Morgan fingerprint density at radius 1 is 1.33 bits per heavy atom. The van der Waals surface area contributed by atoms with Crippen LogP contribution in [0.2, 0.25) is 0 Å². The first kappa shape index (κ1) is 9.65. The first-order valence-electron chi connectivity index (χ1n) is 4.44. The Bertz CT molecular complexity index is 173. The summed E-state index contributed by atoms with van der Waals surface area (Å²) in [6, 6.07) is 0.399. The van der Waals surface area contributed by atoms with Crippen LogP contribution in [0.25, 0.3) is 0 Å². The first-order valence-corrected chi connectivity index (χ1v) is 4.96. The summed E-state index contributed by atoms with van der Waals surface area (Å²) in [6.45, 7) is 0. The predicted molar refractivity (Wildman–Crippen MR) is 53.1 cm³/mol. The molecule has 0 bridgehead atoms. The van der Waals surface area contributed by atoms with Crippen molar-refractivity contribution in [3.05, 3.63) is 11.5 Å². The smallest absolute Gasteiger partial charge is 0.244 e. The summed E-state index contributed by atoms with van der Waals surface area (Å²) in [5.41, 5.74) is 0. The van der Waals surface area contributed by atoms with Crippen molar-refractivity contribution in [3.63, 3.8) is 0 Å². The highest BCUT2D eigenvalue weighted by Crippen LogP contribution is 2.17. The Morgan fingerprint density at radius 3 is 2.58 bits per heavy atom. The number of rotatable bonds is 2. The molecule has 1 saturated carbocycles. The zero-order valence-electron chi connectivity index (χ0n) is 7.12. The second-order valence-corrected chi connectivity index (χ2v) is 3.46. The maximum absolute atomic E-state index is 11.1. The van der Waals surface area contributed by atoms with E-state index in [2.05, 4.69) is 17.9 Å². The average Bonchev–Trinajstić information content (AvgIpc) is 2.06. The van der Waals surface area contributed by atoms with Crippen molar-refractivity contribution in [2.75, 3.05) is 0 Å². The SMILES string of the molecule is O=C(/C=C\S)NC1CCCCC1. The standard InChI is InChI=1S/C9H15NOS/c11-9(6-7-12)10-8-4-2-1-3-5-8/h6-8,12H,1-5H2,(H,10,11)/b7-6-. The lowest BCUT2D eigenvalue weighted by atomic mass is 9.95. The normalized spacial score (nSPS) is 19.8. The second kappa shape index (κ2) is 5.25. The molecule has 0 spiro atoms. The minimum atomic E-state index is -0.0168. The molecule has 1 N–H and O–H groups in total.